The van der Waals surface area contributed by atoms with Crippen LogP contribution in [0.4, 0.5) is 0 Å². The van der Waals surface area contributed by atoms with Gasteiger partial charge in [0.15, 0.2) is 5.78 Å². The zero-order valence-electron chi connectivity index (χ0n) is 12.4. The van der Waals surface area contributed by atoms with E-state index in [2.05, 4.69) is 6.92 Å². The third kappa shape index (κ3) is 1.78. The van der Waals surface area contributed by atoms with Gasteiger partial charge in [-0.15, -0.1) is 0 Å². The summed E-state index contributed by atoms with van der Waals surface area (Å²) in [5.41, 5.74) is 0.783. The molecule has 110 valence electrons. The second kappa shape index (κ2) is 4.44. The van der Waals surface area contributed by atoms with Crippen molar-refractivity contribution in [2.24, 2.45) is 22.7 Å². The Labute approximate surface area is 120 Å². The molecular formula is C17H24O3. The van der Waals surface area contributed by atoms with Gasteiger partial charge in [-0.3, -0.25) is 9.59 Å². The van der Waals surface area contributed by atoms with Crippen LogP contribution in [0.3, 0.4) is 0 Å². The molecular weight excluding hydrogens is 252 g/mol. The second-order valence-electron chi connectivity index (χ2n) is 7.45. The van der Waals surface area contributed by atoms with Crippen molar-refractivity contribution < 1.29 is 14.7 Å². The predicted molar refractivity (Wildman–Crippen MR) is 76.2 cm³/mol. The van der Waals surface area contributed by atoms with E-state index in [0.29, 0.717) is 12.3 Å². The number of hydrogen-bond acceptors (Lipinski definition) is 2. The average Bonchev–Trinajstić information content (AvgIpc) is 2.37. The molecule has 0 aromatic carbocycles. The minimum absolute atomic E-state index is 0.0656. The van der Waals surface area contributed by atoms with Crippen molar-refractivity contribution in [3.63, 3.8) is 0 Å². The van der Waals surface area contributed by atoms with Gasteiger partial charge in [0.2, 0.25) is 0 Å². The number of rotatable bonds is 1. The van der Waals surface area contributed by atoms with Gasteiger partial charge >= 0.3 is 5.97 Å². The lowest BCUT2D eigenvalue weighted by molar-refractivity contribution is -0.164. The Morgan fingerprint density at radius 2 is 2.00 bits per heavy atom. The number of aliphatic carboxylic acids is 1. The number of carbonyl (C=O) groups is 2. The first-order valence-corrected chi connectivity index (χ1v) is 7.84. The molecule has 3 nitrogen and oxygen atoms in total. The number of carboxylic acids is 1. The average molecular weight is 276 g/mol. The molecule has 20 heavy (non-hydrogen) atoms. The Hall–Kier alpha value is -1.12. The quantitative estimate of drug-likeness (QED) is 0.796. The Bertz CT molecular complexity index is 492. The topological polar surface area (TPSA) is 54.4 Å². The van der Waals surface area contributed by atoms with Gasteiger partial charge in [0, 0.05) is 6.42 Å². The highest BCUT2D eigenvalue weighted by Gasteiger charge is 2.57. The van der Waals surface area contributed by atoms with Gasteiger partial charge in [-0.1, -0.05) is 18.9 Å². The van der Waals surface area contributed by atoms with E-state index < -0.39 is 11.4 Å². The van der Waals surface area contributed by atoms with Gasteiger partial charge in [0.05, 0.1) is 5.41 Å². The summed E-state index contributed by atoms with van der Waals surface area (Å²) in [6, 6.07) is 0. The van der Waals surface area contributed by atoms with Crippen molar-refractivity contribution in [2.75, 3.05) is 0 Å². The van der Waals surface area contributed by atoms with Gasteiger partial charge in [-0.2, -0.15) is 0 Å². The fourth-order valence-electron chi connectivity index (χ4n) is 5.40. The van der Waals surface area contributed by atoms with Crippen molar-refractivity contribution in [2.45, 2.75) is 58.8 Å². The molecule has 0 saturated heterocycles. The minimum Gasteiger partial charge on any atom is -0.481 e. The highest BCUT2D eigenvalue weighted by atomic mass is 16.4. The van der Waals surface area contributed by atoms with E-state index in [1.54, 1.807) is 0 Å². The minimum atomic E-state index is -0.632. The maximum atomic E-state index is 11.8. The summed E-state index contributed by atoms with van der Waals surface area (Å²) >= 11 is 0. The lowest BCUT2D eigenvalue weighted by Gasteiger charge is -2.58. The molecule has 0 amide bonds. The number of allylic oxidation sites excluding steroid dienone is 2. The summed E-state index contributed by atoms with van der Waals surface area (Å²) in [5, 5.41) is 9.72. The van der Waals surface area contributed by atoms with E-state index in [1.807, 2.05) is 13.0 Å². The van der Waals surface area contributed by atoms with Crippen LogP contribution in [0.15, 0.2) is 11.6 Å². The van der Waals surface area contributed by atoms with Crippen LogP contribution in [0.1, 0.15) is 58.8 Å². The van der Waals surface area contributed by atoms with Crippen LogP contribution in [0.2, 0.25) is 0 Å². The molecule has 3 heteroatoms. The lowest BCUT2D eigenvalue weighted by Crippen LogP contribution is -2.53. The van der Waals surface area contributed by atoms with Gasteiger partial charge < -0.3 is 5.11 Å². The fraction of sp³-hybridized carbons (Fsp3) is 0.765. The Morgan fingerprint density at radius 1 is 1.25 bits per heavy atom. The summed E-state index contributed by atoms with van der Waals surface area (Å²) < 4.78 is 0. The molecule has 0 aromatic rings. The maximum Gasteiger partial charge on any atom is 0.309 e. The summed E-state index contributed by atoms with van der Waals surface area (Å²) in [5.74, 6) is 0.303. The summed E-state index contributed by atoms with van der Waals surface area (Å²) in [7, 11) is 0. The molecule has 1 unspecified atom stereocenters. The number of ketones is 1. The largest absolute Gasteiger partial charge is 0.481 e. The molecule has 3 rings (SSSR count). The first kappa shape index (κ1) is 13.8. The van der Waals surface area contributed by atoms with Gasteiger partial charge in [-0.05, 0) is 62.4 Å². The molecule has 0 spiro atoms. The van der Waals surface area contributed by atoms with E-state index in [-0.39, 0.29) is 17.1 Å². The number of fused-ring (bicyclic) bond motifs is 3. The fourth-order valence-corrected chi connectivity index (χ4v) is 5.40. The second-order valence-corrected chi connectivity index (χ2v) is 7.45. The zero-order valence-corrected chi connectivity index (χ0v) is 12.4. The van der Waals surface area contributed by atoms with Crippen LogP contribution in [0, 0.1) is 22.7 Å². The highest BCUT2D eigenvalue weighted by Crippen LogP contribution is 2.62. The van der Waals surface area contributed by atoms with Crippen molar-refractivity contribution in [3.8, 4) is 0 Å². The summed E-state index contributed by atoms with van der Waals surface area (Å²) in [4.78, 5) is 23.5. The van der Waals surface area contributed by atoms with Crippen LogP contribution in [-0.2, 0) is 9.59 Å². The van der Waals surface area contributed by atoms with Gasteiger partial charge in [0.25, 0.3) is 0 Å². The SMILES string of the molecule is C[C@@]1(C(=O)O)CCC[C@@]2(C)C1CCC1=CC(=O)CC[C@@H]12. The lowest BCUT2D eigenvalue weighted by atomic mass is 9.46. The predicted octanol–water partition coefficient (Wildman–Crippen LogP) is 3.58. The zero-order chi connectivity index (χ0) is 14.5. The molecule has 1 N–H and O–H groups in total. The molecule has 3 aliphatic rings. The van der Waals surface area contributed by atoms with E-state index in [0.717, 1.165) is 38.5 Å². The summed E-state index contributed by atoms with van der Waals surface area (Å²) in [6.07, 6.45) is 8.17. The van der Waals surface area contributed by atoms with Crippen LogP contribution in [0.25, 0.3) is 0 Å². The van der Waals surface area contributed by atoms with Crippen molar-refractivity contribution >= 4 is 11.8 Å². The van der Waals surface area contributed by atoms with Crippen LogP contribution >= 0.6 is 0 Å². The first-order chi connectivity index (χ1) is 9.38. The van der Waals surface area contributed by atoms with Crippen LogP contribution < -0.4 is 0 Å². The number of carbonyl (C=O) groups excluding carboxylic acids is 1. The first-order valence-electron chi connectivity index (χ1n) is 7.84. The molecule has 0 bridgehead atoms. The van der Waals surface area contributed by atoms with Crippen LogP contribution in [-0.4, -0.2) is 16.9 Å². The summed E-state index contributed by atoms with van der Waals surface area (Å²) in [6.45, 7) is 4.23. The molecule has 0 radical (unpaired) electrons. The molecule has 0 heterocycles. The Balaban J connectivity index is 2.01. The number of carboxylic acid groups (broad SMARTS) is 1. The smallest absolute Gasteiger partial charge is 0.309 e. The normalized spacial score (nSPS) is 44.3. The third-order valence-electron chi connectivity index (χ3n) is 6.46. The van der Waals surface area contributed by atoms with Gasteiger partial charge in [0.1, 0.15) is 0 Å². The molecule has 3 aliphatic carbocycles. The third-order valence-corrected chi connectivity index (χ3v) is 6.46. The van der Waals surface area contributed by atoms with Gasteiger partial charge in [-0.25, -0.2) is 0 Å². The van der Waals surface area contributed by atoms with E-state index >= 15 is 0 Å². The van der Waals surface area contributed by atoms with Crippen molar-refractivity contribution in [1.82, 2.24) is 0 Å². The Kier molecular flexibility index (Phi) is 3.07. The monoisotopic (exact) mass is 276 g/mol. The van der Waals surface area contributed by atoms with Crippen molar-refractivity contribution in [1.29, 1.82) is 0 Å². The molecule has 4 atom stereocenters. The molecule has 2 fully saturated rings. The van der Waals surface area contributed by atoms with E-state index in [9.17, 15) is 14.7 Å². The molecule has 2 saturated carbocycles. The van der Waals surface area contributed by atoms with E-state index in [4.69, 9.17) is 0 Å². The molecule has 0 aromatic heterocycles. The van der Waals surface area contributed by atoms with Crippen LogP contribution in [0.5, 0.6) is 0 Å². The highest BCUT2D eigenvalue weighted by molar-refractivity contribution is 5.91. The maximum absolute atomic E-state index is 11.8. The Morgan fingerprint density at radius 3 is 2.70 bits per heavy atom. The number of hydrogen-bond donors (Lipinski definition) is 1. The van der Waals surface area contributed by atoms with E-state index in [1.165, 1.54) is 5.57 Å². The van der Waals surface area contributed by atoms with Crippen molar-refractivity contribution in [3.05, 3.63) is 11.6 Å². The molecule has 0 aliphatic heterocycles. The standard InChI is InChI=1S/C17H24O3/c1-16-8-3-9-17(2,15(19)20)14(16)7-4-11-10-12(18)5-6-13(11)16/h10,13-14H,3-9H2,1-2H3,(H,19,20)/t13-,14?,16+,17+/m0/s1.